The number of rotatable bonds is 5. The molecule has 5 nitrogen and oxygen atoms in total. The Balaban J connectivity index is 1.08. The first-order chi connectivity index (χ1) is 18.2. The molecular weight excluding hydrogens is 458 g/mol. The molecule has 37 heavy (non-hydrogen) atoms. The van der Waals surface area contributed by atoms with E-state index < -0.39 is 0 Å². The highest BCUT2D eigenvalue weighted by Crippen LogP contribution is 2.45. The fourth-order valence-electron chi connectivity index (χ4n) is 5.53. The number of anilines is 2. The van der Waals surface area contributed by atoms with Gasteiger partial charge in [-0.15, -0.1) is 0 Å². The van der Waals surface area contributed by atoms with Crippen molar-refractivity contribution in [2.75, 3.05) is 36.4 Å². The quantitative estimate of drug-likeness (QED) is 0.414. The number of hydrogen-bond acceptors (Lipinski definition) is 3. The van der Waals surface area contributed by atoms with Crippen LogP contribution in [0.2, 0.25) is 0 Å². The predicted octanol–water partition coefficient (Wildman–Crippen LogP) is 5.33. The monoisotopic (exact) mass is 487 g/mol. The van der Waals surface area contributed by atoms with Crippen molar-refractivity contribution < 1.29 is 9.59 Å². The second kappa shape index (κ2) is 9.94. The molecular formula is C32H29N3O2. The van der Waals surface area contributed by atoms with Gasteiger partial charge in [0, 0.05) is 37.6 Å². The summed E-state index contributed by atoms with van der Waals surface area (Å²) in [6, 6.07) is 34.3. The molecule has 6 rings (SSSR count). The number of carbonyl (C=O) groups excluding carboxylic acids is 2. The van der Waals surface area contributed by atoms with Crippen LogP contribution in [0.25, 0.3) is 11.1 Å². The van der Waals surface area contributed by atoms with Crippen molar-refractivity contribution in [2.45, 2.75) is 12.3 Å². The zero-order valence-corrected chi connectivity index (χ0v) is 20.6. The smallest absolute Gasteiger partial charge is 0.234 e. The first-order valence-corrected chi connectivity index (χ1v) is 12.8. The second-order valence-corrected chi connectivity index (χ2v) is 9.68. The van der Waals surface area contributed by atoms with E-state index in [0.717, 1.165) is 41.2 Å². The number of fused-ring (bicyclic) bond motifs is 3. The molecule has 0 spiro atoms. The van der Waals surface area contributed by atoms with Crippen LogP contribution >= 0.6 is 0 Å². The fraction of sp³-hybridized carbons (Fsp3) is 0.188. The van der Waals surface area contributed by atoms with Crippen LogP contribution in [-0.4, -0.2) is 42.9 Å². The number of nitrogens with one attached hydrogen (secondary N) is 1. The van der Waals surface area contributed by atoms with E-state index in [0.29, 0.717) is 19.5 Å². The van der Waals surface area contributed by atoms with Gasteiger partial charge < -0.3 is 15.1 Å². The molecule has 4 aromatic carbocycles. The van der Waals surface area contributed by atoms with Gasteiger partial charge in [0.2, 0.25) is 11.8 Å². The van der Waals surface area contributed by atoms with Crippen molar-refractivity contribution in [3.63, 3.8) is 0 Å². The summed E-state index contributed by atoms with van der Waals surface area (Å²) in [5.41, 5.74) is 7.45. The third kappa shape index (κ3) is 4.60. The van der Waals surface area contributed by atoms with E-state index >= 15 is 0 Å². The predicted molar refractivity (Wildman–Crippen MR) is 148 cm³/mol. The number of nitrogens with zero attached hydrogens (tertiary/aromatic N) is 2. The molecule has 0 aromatic heterocycles. The molecule has 1 saturated heterocycles. The minimum absolute atomic E-state index is 0.0267. The lowest BCUT2D eigenvalue weighted by molar-refractivity contribution is -0.132. The summed E-state index contributed by atoms with van der Waals surface area (Å²) in [5.74, 6) is -0.0626. The summed E-state index contributed by atoms with van der Waals surface area (Å²) < 4.78 is 0. The number of carbonyl (C=O) groups is 2. The van der Waals surface area contributed by atoms with E-state index in [9.17, 15) is 9.59 Å². The Bertz CT molecular complexity index is 1380. The number of amides is 2. The van der Waals surface area contributed by atoms with E-state index in [1.165, 1.54) is 11.1 Å². The highest BCUT2D eigenvalue weighted by Gasteiger charge is 2.36. The topological polar surface area (TPSA) is 52.7 Å². The molecule has 0 unspecified atom stereocenters. The summed E-state index contributed by atoms with van der Waals surface area (Å²) in [7, 11) is 0. The lowest BCUT2D eigenvalue weighted by atomic mass is 9.95. The maximum Gasteiger partial charge on any atom is 0.234 e. The zero-order valence-electron chi connectivity index (χ0n) is 20.6. The first-order valence-electron chi connectivity index (χ1n) is 12.8. The summed E-state index contributed by atoms with van der Waals surface area (Å²) in [6.45, 7) is 2.94. The zero-order chi connectivity index (χ0) is 25.2. The summed E-state index contributed by atoms with van der Waals surface area (Å²) in [5, 5.41) is 2.98. The molecule has 0 bridgehead atoms. The van der Waals surface area contributed by atoms with Crippen LogP contribution in [0, 0.1) is 0 Å². The maximum atomic E-state index is 13.7. The average Bonchev–Trinajstić information content (AvgIpc) is 3.28. The lowest BCUT2D eigenvalue weighted by Crippen LogP contribution is -2.50. The number of piperazine rings is 1. The number of hydrogen-bond donors (Lipinski definition) is 1. The SMILES string of the molecule is O=C(Cc1ccccc1)Nc1ccc(N2CCN(C(=O)C3c4ccccc4-c4ccccc43)CC2)cc1. The van der Waals surface area contributed by atoms with Crippen LogP contribution in [0.15, 0.2) is 103 Å². The van der Waals surface area contributed by atoms with E-state index in [1.807, 2.05) is 83.8 Å². The van der Waals surface area contributed by atoms with Gasteiger partial charge in [0.15, 0.2) is 0 Å². The maximum absolute atomic E-state index is 13.7. The lowest BCUT2D eigenvalue weighted by Gasteiger charge is -2.37. The van der Waals surface area contributed by atoms with Crippen LogP contribution in [0.5, 0.6) is 0 Å². The molecule has 2 amide bonds. The normalized spacial score (nSPS) is 14.7. The Hall–Kier alpha value is -4.38. The van der Waals surface area contributed by atoms with Gasteiger partial charge in [-0.1, -0.05) is 78.9 Å². The van der Waals surface area contributed by atoms with Crippen molar-refractivity contribution >= 4 is 23.2 Å². The van der Waals surface area contributed by atoms with Crippen molar-refractivity contribution in [1.29, 1.82) is 0 Å². The van der Waals surface area contributed by atoms with E-state index in [-0.39, 0.29) is 17.7 Å². The van der Waals surface area contributed by atoms with Crippen molar-refractivity contribution in [2.24, 2.45) is 0 Å². The van der Waals surface area contributed by atoms with Crippen LogP contribution in [0.1, 0.15) is 22.6 Å². The molecule has 0 atom stereocenters. The van der Waals surface area contributed by atoms with Gasteiger partial charge in [-0.2, -0.15) is 0 Å². The Morgan fingerprint density at radius 2 is 1.24 bits per heavy atom. The molecule has 1 fully saturated rings. The molecule has 0 saturated carbocycles. The highest BCUT2D eigenvalue weighted by atomic mass is 16.2. The molecule has 184 valence electrons. The van der Waals surface area contributed by atoms with Gasteiger partial charge >= 0.3 is 0 Å². The Morgan fingerprint density at radius 3 is 1.86 bits per heavy atom. The third-order valence-corrected chi connectivity index (χ3v) is 7.40. The Kier molecular flexibility index (Phi) is 6.19. The molecule has 1 N–H and O–H groups in total. The molecule has 4 aromatic rings. The minimum atomic E-state index is -0.224. The molecule has 1 aliphatic carbocycles. The van der Waals surface area contributed by atoms with Crippen molar-refractivity contribution in [1.82, 2.24) is 4.90 Å². The minimum Gasteiger partial charge on any atom is -0.368 e. The van der Waals surface area contributed by atoms with E-state index in [1.54, 1.807) is 0 Å². The first kappa shape index (κ1) is 23.0. The standard InChI is InChI=1S/C32H29N3O2/c36-30(22-23-8-2-1-3-9-23)33-24-14-16-25(17-15-24)34-18-20-35(21-19-34)32(37)31-28-12-6-4-10-26(28)27-11-5-7-13-29(27)31/h1-17,31H,18-22H2,(H,33,36). The average molecular weight is 488 g/mol. The Labute approximate surface area is 217 Å². The highest BCUT2D eigenvalue weighted by molar-refractivity contribution is 5.96. The summed E-state index contributed by atoms with van der Waals surface area (Å²) in [4.78, 5) is 30.4. The van der Waals surface area contributed by atoms with Crippen molar-refractivity contribution in [3.05, 3.63) is 120 Å². The number of benzene rings is 4. The van der Waals surface area contributed by atoms with Crippen LogP contribution in [0.4, 0.5) is 11.4 Å². The van der Waals surface area contributed by atoms with Gasteiger partial charge in [0.1, 0.15) is 0 Å². The van der Waals surface area contributed by atoms with E-state index in [4.69, 9.17) is 0 Å². The molecule has 2 aliphatic rings. The van der Waals surface area contributed by atoms with Crippen LogP contribution in [-0.2, 0) is 16.0 Å². The fourth-order valence-corrected chi connectivity index (χ4v) is 5.53. The summed E-state index contributed by atoms with van der Waals surface area (Å²) >= 11 is 0. The summed E-state index contributed by atoms with van der Waals surface area (Å²) in [6.07, 6.45) is 0.356. The van der Waals surface area contributed by atoms with Gasteiger partial charge in [0.05, 0.1) is 12.3 Å². The van der Waals surface area contributed by atoms with Gasteiger partial charge in [-0.25, -0.2) is 0 Å². The molecule has 1 aliphatic heterocycles. The van der Waals surface area contributed by atoms with Gasteiger partial charge in [-0.3, -0.25) is 9.59 Å². The largest absolute Gasteiger partial charge is 0.368 e. The Morgan fingerprint density at radius 1 is 0.676 bits per heavy atom. The third-order valence-electron chi connectivity index (χ3n) is 7.40. The molecule has 0 radical (unpaired) electrons. The van der Waals surface area contributed by atoms with Gasteiger partial charge in [-0.05, 0) is 52.1 Å². The second-order valence-electron chi connectivity index (χ2n) is 9.68. The van der Waals surface area contributed by atoms with Gasteiger partial charge in [0.25, 0.3) is 0 Å². The molecule has 5 heteroatoms. The van der Waals surface area contributed by atoms with Crippen LogP contribution < -0.4 is 10.2 Å². The van der Waals surface area contributed by atoms with Crippen molar-refractivity contribution in [3.8, 4) is 11.1 Å². The van der Waals surface area contributed by atoms with E-state index in [2.05, 4.69) is 34.5 Å². The van der Waals surface area contributed by atoms with Crippen LogP contribution in [0.3, 0.4) is 0 Å². The molecule has 1 heterocycles.